The van der Waals surface area contributed by atoms with Gasteiger partial charge < -0.3 is 14.8 Å². The first-order chi connectivity index (χ1) is 10.1. The summed E-state index contributed by atoms with van der Waals surface area (Å²) in [4.78, 5) is 0. The van der Waals surface area contributed by atoms with Crippen molar-refractivity contribution < 1.29 is 9.47 Å². The van der Waals surface area contributed by atoms with Crippen LogP contribution in [0.5, 0.6) is 11.5 Å². The van der Waals surface area contributed by atoms with Crippen LogP contribution in [0, 0.1) is 6.92 Å². The highest BCUT2D eigenvalue weighted by Crippen LogP contribution is 2.33. The Morgan fingerprint density at radius 3 is 2.43 bits per heavy atom. The van der Waals surface area contributed by atoms with Crippen molar-refractivity contribution in [2.45, 2.75) is 20.4 Å². The molecule has 0 aliphatic heterocycles. The van der Waals surface area contributed by atoms with Gasteiger partial charge in [-0.25, -0.2) is 0 Å². The van der Waals surface area contributed by atoms with Gasteiger partial charge in [0.15, 0.2) is 11.5 Å². The Morgan fingerprint density at radius 2 is 1.81 bits per heavy atom. The average Bonchev–Trinajstić information content (AvgIpc) is 2.48. The van der Waals surface area contributed by atoms with Gasteiger partial charge in [0.05, 0.1) is 13.7 Å². The van der Waals surface area contributed by atoms with Gasteiger partial charge in [-0.15, -0.1) is 0 Å². The van der Waals surface area contributed by atoms with Crippen molar-refractivity contribution in [2.24, 2.45) is 0 Å². The van der Waals surface area contributed by atoms with E-state index in [2.05, 4.69) is 52.4 Å². The first-order valence-electron chi connectivity index (χ1n) is 6.93. The summed E-state index contributed by atoms with van der Waals surface area (Å²) in [6.45, 7) is 5.37. The molecule has 0 unspecified atom stereocenters. The summed E-state index contributed by atoms with van der Waals surface area (Å²) >= 11 is 3.59. The smallest absolute Gasteiger partial charge is 0.162 e. The summed E-state index contributed by atoms with van der Waals surface area (Å²) in [5, 5.41) is 3.41. The van der Waals surface area contributed by atoms with E-state index in [1.165, 1.54) is 5.56 Å². The molecule has 1 N–H and O–H groups in total. The van der Waals surface area contributed by atoms with Crippen LogP contribution in [0.4, 0.5) is 5.69 Å². The van der Waals surface area contributed by atoms with Gasteiger partial charge in [0, 0.05) is 16.7 Å². The molecule has 4 heteroatoms. The SMILES string of the molecule is CCOc1cc(Br)c(CNc2ccc(C)cc2)cc1OC. The van der Waals surface area contributed by atoms with Crippen molar-refractivity contribution in [3.63, 3.8) is 0 Å². The van der Waals surface area contributed by atoms with Gasteiger partial charge in [0.25, 0.3) is 0 Å². The van der Waals surface area contributed by atoms with Crippen molar-refractivity contribution in [2.75, 3.05) is 19.0 Å². The number of nitrogens with one attached hydrogen (secondary N) is 1. The highest BCUT2D eigenvalue weighted by atomic mass is 79.9. The molecule has 0 spiro atoms. The fourth-order valence-corrected chi connectivity index (χ4v) is 2.47. The molecule has 0 amide bonds. The standard InChI is InChI=1S/C17H20BrNO2/c1-4-21-17-10-15(18)13(9-16(17)20-3)11-19-14-7-5-12(2)6-8-14/h5-10,19H,4,11H2,1-3H3. The summed E-state index contributed by atoms with van der Waals surface area (Å²) < 4.78 is 12.0. The van der Waals surface area contributed by atoms with E-state index in [0.717, 1.165) is 27.2 Å². The largest absolute Gasteiger partial charge is 0.493 e. The molecular weight excluding hydrogens is 330 g/mol. The molecule has 21 heavy (non-hydrogen) atoms. The van der Waals surface area contributed by atoms with E-state index in [4.69, 9.17) is 9.47 Å². The van der Waals surface area contributed by atoms with Gasteiger partial charge in [-0.2, -0.15) is 0 Å². The number of rotatable bonds is 6. The van der Waals surface area contributed by atoms with Crippen LogP contribution in [-0.2, 0) is 6.54 Å². The molecule has 2 rings (SSSR count). The molecule has 0 aliphatic rings. The maximum Gasteiger partial charge on any atom is 0.162 e. The molecule has 0 radical (unpaired) electrons. The number of aryl methyl sites for hydroxylation is 1. The van der Waals surface area contributed by atoms with E-state index >= 15 is 0 Å². The van der Waals surface area contributed by atoms with E-state index in [9.17, 15) is 0 Å². The highest BCUT2D eigenvalue weighted by molar-refractivity contribution is 9.10. The zero-order chi connectivity index (χ0) is 15.2. The van der Waals surface area contributed by atoms with E-state index in [1.807, 2.05) is 19.1 Å². The summed E-state index contributed by atoms with van der Waals surface area (Å²) in [6.07, 6.45) is 0. The second-order valence-corrected chi connectivity index (χ2v) is 5.60. The Balaban J connectivity index is 2.14. The molecule has 0 fully saturated rings. The number of benzene rings is 2. The number of methoxy groups -OCH3 is 1. The number of halogens is 1. The molecule has 0 atom stereocenters. The highest BCUT2D eigenvalue weighted by Gasteiger charge is 2.10. The van der Waals surface area contributed by atoms with Crippen LogP contribution >= 0.6 is 15.9 Å². The lowest BCUT2D eigenvalue weighted by Crippen LogP contribution is -2.02. The van der Waals surface area contributed by atoms with Crippen molar-refractivity contribution in [1.82, 2.24) is 0 Å². The first kappa shape index (κ1) is 15.7. The molecule has 0 aliphatic carbocycles. The van der Waals surface area contributed by atoms with Gasteiger partial charge in [-0.3, -0.25) is 0 Å². The molecule has 0 heterocycles. The lowest BCUT2D eigenvalue weighted by atomic mass is 10.2. The molecule has 3 nitrogen and oxygen atoms in total. The summed E-state index contributed by atoms with van der Waals surface area (Å²) in [5.41, 5.74) is 3.47. The number of hydrogen-bond acceptors (Lipinski definition) is 3. The Morgan fingerprint density at radius 1 is 1.10 bits per heavy atom. The third-order valence-electron chi connectivity index (χ3n) is 3.17. The number of hydrogen-bond donors (Lipinski definition) is 1. The zero-order valence-corrected chi connectivity index (χ0v) is 14.2. The maximum absolute atomic E-state index is 5.56. The van der Waals surface area contributed by atoms with E-state index in [-0.39, 0.29) is 0 Å². The van der Waals surface area contributed by atoms with Gasteiger partial charge in [0.1, 0.15) is 0 Å². The summed E-state index contributed by atoms with van der Waals surface area (Å²) in [6, 6.07) is 12.3. The molecule has 0 aromatic heterocycles. The van der Waals surface area contributed by atoms with Crippen molar-refractivity contribution in [3.05, 3.63) is 52.0 Å². The Labute approximate surface area is 134 Å². The van der Waals surface area contributed by atoms with Crippen molar-refractivity contribution >= 4 is 21.6 Å². The summed E-state index contributed by atoms with van der Waals surface area (Å²) in [5.74, 6) is 1.51. The number of anilines is 1. The predicted molar refractivity (Wildman–Crippen MR) is 90.4 cm³/mol. The normalized spacial score (nSPS) is 10.3. The lowest BCUT2D eigenvalue weighted by Gasteiger charge is -2.14. The van der Waals surface area contributed by atoms with Crippen LogP contribution in [0.25, 0.3) is 0 Å². The molecule has 2 aromatic rings. The molecular formula is C17H20BrNO2. The van der Waals surface area contributed by atoms with Crippen molar-refractivity contribution in [3.8, 4) is 11.5 Å². The van der Waals surface area contributed by atoms with E-state index < -0.39 is 0 Å². The minimum absolute atomic E-state index is 0.615. The van der Waals surface area contributed by atoms with E-state index in [0.29, 0.717) is 13.2 Å². The fraction of sp³-hybridized carbons (Fsp3) is 0.294. The van der Waals surface area contributed by atoms with Crippen LogP contribution in [0.3, 0.4) is 0 Å². The minimum atomic E-state index is 0.615. The second-order valence-electron chi connectivity index (χ2n) is 4.75. The molecule has 2 aromatic carbocycles. The minimum Gasteiger partial charge on any atom is -0.493 e. The lowest BCUT2D eigenvalue weighted by molar-refractivity contribution is 0.310. The molecule has 0 saturated carbocycles. The van der Waals surface area contributed by atoms with Crippen LogP contribution in [-0.4, -0.2) is 13.7 Å². The Hall–Kier alpha value is -1.68. The Kier molecular flexibility index (Phi) is 5.51. The molecule has 0 saturated heterocycles. The summed E-state index contributed by atoms with van der Waals surface area (Å²) in [7, 11) is 1.66. The third-order valence-corrected chi connectivity index (χ3v) is 3.91. The number of ether oxygens (including phenoxy) is 2. The fourth-order valence-electron chi connectivity index (χ4n) is 2.01. The quantitative estimate of drug-likeness (QED) is 0.814. The average molecular weight is 350 g/mol. The van der Waals surface area contributed by atoms with Gasteiger partial charge >= 0.3 is 0 Å². The predicted octanol–water partition coefficient (Wildman–Crippen LogP) is 4.78. The molecule has 112 valence electrons. The topological polar surface area (TPSA) is 30.5 Å². The van der Waals surface area contributed by atoms with Gasteiger partial charge in [-0.1, -0.05) is 33.6 Å². The maximum atomic E-state index is 5.56. The van der Waals surface area contributed by atoms with Crippen LogP contribution < -0.4 is 14.8 Å². The second kappa shape index (κ2) is 7.36. The van der Waals surface area contributed by atoms with Crippen molar-refractivity contribution in [1.29, 1.82) is 0 Å². The van der Waals surface area contributed by atoms with Gasteiger partial charge in [0.2, 0.25) is 0 Å². The van der Waals surface area contributed by atoms with Crippen LogP contribution in [0.2, 0.25) is 0 Å². The first-order valence-corrected chi connectivity index (χ1v) is 7.73. The third kappa shape index (κ3) is 4.14. The van der Waals surface area contributed by atoms with Crippen LogP contribution in [0.1, 0.15) is 18.1 Å². The molecule has 0 bridgehead atoms. The Bertz CT molecular complexity index is 596. The zero-order valence-electron chi connectivity index (χ0n) is 12.6. The van der Waals surface area contributed by atoms with Gasteiger partial charge in [-0.05, 0) is 43.7 Å². The monoisotopic (exact) mass is 349 g/mol. The van der Waals surface area contributed by atoms with Crippen LogP contribution in [0.15, 0.2) is 40.9 Å². The van der Waals surface area contributed by atoms with E-state index in [1.54, 1.807) is 7.11 Å².